The number of amides is 1. The topological polar surface area (TPSA) is 62.6 Å². The molecule has 164 valence electrons. The van der Waals surface area contributed by atoms with Crippen LogP contribution in [0.15, 0.2) is 51.7 Å². The third-order valence-electron chi connectivity index (χ3n) is 5.93. The second kappa shape index (κ2) is 10.4. The van der Waals surface area contributed by atoms with Gasteiger partial charge in [0.1, 0.15) is 5.58 Å². The summed E-state index contributed by atoms with van der Waals surface area (Å²) < 4.78 is 5.50. The molecule has 1 N–H and O–H groups in total. The molecule has 31 heavy (non-hydrogen) atoms. The molecule has 0 fully saturated rings. The summed E-state index contributed by atoms with van der Waals surface area (Å²) in [7, 11) is 0. The van der Waals surface area contributed by atoms with Crippen LogP contribution in [0, 0.1) is 13.8 Å². The molecule has 0 bridgehead atoms. The summed E-state index contributed by atoms with van der Waals surface area (Å²) in [5, 5.41) is 3.93. The fraction of sp³-hybridized carbons (Fsp3) is 0.385. The van der Waals surface area contributed by atoms with Gasteiger partial charge in [-0.2, -0.15) is 0 Å². The van der Waals surface area contributed by atoms with E-state index in [9.17, 15) is 9.59 Å². The number of nitrogens with zero attached hydrogens (tertiary/aromatic N) is 1. The van der Waals surface area contributed by atoms with Crippen molar-refractivity contribution in [1.82, 2.24) is 10.2 Å². The fourth-order valence-corrected chi connectivity index (χ4v) is 3.88. The molecule has 0 aliphatic rings. The first-order valence-electron chi connectivity index (χ1n) is 11.0. The highest BCUT2D eigenvalue weighted by atomic mass is 16.4. The number of aryl methyl sites for hydroxylation is 2. The van der Waals surface area contributed by atoms with E-state index in [2.05, 4.69) is 36.2 Å². The monoisotopic (exact) mass is 420 g/mol. The van der Waals surface area contributed by atoms with E-state index in [-0.39, 0.29) is 18.0 Å². The summed E-state index contributed by atoms with van der Waals surface area (Å²) in [5.74, 6) is -0.0690. The summed E-state index contributed by atoms with van der Waals surface area (Å²) in [6.45, 7) is 11.5. The van der Waals surface area contributed by atoms with E-state index in [4.69, 9.17) is 4.42 Å². The van der Waals surface area contributed by atoms with E-state index >= 15 is 0 Å². The summed E-state index contributed by atoms with van der Waals surface area (Å²) >= 11 is 0. The summed E-state index contributed by atoms with van der Waals surface area (Å²) in [5.41, 5.74) is 5.11. The van der Waals surface area contributed by atoms with Gasteiger partial charge in [0.05, 0.1) is 0 Å². The first-order valence-corrected chi connectivity index (χ1v) is 11.0. The Hall–Kier alpha value is -2.92. The maximum Gasteiger partial charge on any atom is 0.339 e. The van der Waals surface area contributed by atoms with Crippen molar-refractivity contribution in [3.05, 3.63) is 80.7 Å². The number of hydrogen-bond acceptors (Lipinski definition) is 4. The molecule has 0 radical (unpaired) electrons. The molecule has 0 saturated heterocycles. The third kappa shape index (κ3) is 5.61. The van der Waals surface area contributed by atoms with Crippen LogP contribution in [0.5, 0.6) is 0 Å². The first kappa shape index (κ1) is 22.8. The average Bonchev–Trinajstić information content (AvgIpc) is 2.76. The van der Waals surface area contributed by atoms with E-state index in [1.54, 1.807) is 0 Å². The van der Waals surface area contributed by atoms with Crippen molar-refractivity contribution in [3.8, 4) is 0 Å². The van der Waals surface area contributed by atoms with Crippen LogP contribution in [0.3, 0.4) is 0 Å². The molecular weight excluding hydrogens is 388 g/mol. The lowest BCUT2D eigenvalue weighted by Crippen LogP contribution is -2.26. The molecule has 5 heteroatoms. The van der Waals surface area contributed by atoms with Gasteiger partial charge < -0.3 is 9.73 Å². The van der Waals surface area contributed by atoms with E-state index in [1.165, 1.54) is 5.56 Å². The van der Waals surface area contributed by atoms with Gasteiger partial charge in [-0.25, -0.2) is 4.79 Å². The molecule has 0 saturated carbocycles. The van der Waals surface area contributed by atoms with Crippen LogP contribution in [-0.4, -0.2) is 23.9 Å². The quantitative estimate of drug-likeness (QED) is 0.518. The SMILES string of the molecule is CCN(CC)Cc1ccccc1CNC(=O)CCc1c(C)c2ccc(C)cc2oc1=O. The zero-order valence-electron chi connectivity index (χ0n) is 19.0. The van der Waals surface area contributed by atoms with Gasteiger partial charge in [-0.15, -0.1) is 0 Å². The van der Waals surface area contributed by atoms with E-state index < -0.39 is 0 Å². The maximum atomic E-state index is 12.5. The van der Waals surface area contributed by atoms with Crippen LogP contribution in [0.1, 0.15) is 48.1 Å². The average molecular weight is 421 g/mol. The molecule has 0 spiro atoms. The van der Waals surface area contributed by atoms with Crippen molar-refractivity contribution < 1.29 is 9.21 Å². The number of rotatable bonds is 9. The number of fused-ring (bicyclic) bond motifs is 1. The Kier molecular flexibility index (Phi) is 7.64. The van der Waals surface area contributed by atoms with Crippen molar-refractivity contribution in [2.75, 3.05) is 13.1 Å². The molecule has 0 aliphatic carbocycles. The first-order chi connectivity index (χ1) is 14.9. The molecule has 0 aliphatic heterocycles. The van der Waals surface area contributed by atoms with Crippen molar-refractivity contribution in [3.63, 3.8) is 0 Å². The van der Waals surface area contributed by atoms with Crippen molar-refractivity contribution in [2.24, 2.45) is 0 Å². The smallest absolute Gasteiger partial charge is 0.339 e. The molecule has 1 amide bonds. The predicted molar refractivity (Wildman–Crippen MR) is 125 cm³/mol. The number of nitrogens with one attached hydrogen (secondary N) is 1. The van der Waals surface area contributed by atoms with E-state index in [0.717, 1.165) is 41.7 Å². The van der Waals surface area contributed by atoms with Gasteiger partial charge in [0.15, 0.2) is 0 Å². The molecule has 5 nitrogen and oxygen atoms in total. The molecule has 1 aromatic heterocycles. The van der Waals surface area contributed by atoms with Crippen LogP contribution >= 0.6 is 0 Å². The zero-order valence-corrected chi connectivity index (χ0v) is 19.0. The highest BCUT2D eigenvalue weighted by molar-refractivity contribution is 5.82. The molecule has 3 rings (SSSR count). The minimum absolute atomic E-state index is 0.0690. The normalized spacial score (nSPS) is 11.3. The Morgan fingerprint density at radius 3 is 2.45 bits per heavy atom. The largest absolute Gasteiger partial charge is 0.423 e. The van der Waals surface area contributed by atoms with Crippen molar-refractivity contribution >= 4 is 16.9 Å². The Balaban J connectivity index is 1.64. The van der Waals surface area contributed by atoms with Crippen LogP contribution < -0.4 is 10.9 Å². The van der Waals surface area contributed by atoms with Crippen molar-refractivity contribution in [2.45, 2.75) is 53.6 Å². The molecule has 2 aromatic carbocycles. The van der Waals surface area contributed by atoms with Crippen LogP contribution in [0.4, 0.5) is 0 Å². The minimum Gasteiger partial charge on any atom is -0.423 e. The van der Waals surface area contributed by atoms with Crippen LogP contribution in [0.2, 0.25) is 0 Å². The highest BCUT2D eigenvalue weighted by Gasteiger charge is 2.14. The Labute approximate surface area is 184 Å². The van der Waals surface area contributed by atoms with Gasteiger partial charge in [0, 0.05) is 30.5 Å². The number of carbonyl (C=O) groups is 1. The minimum atomic E-state index is -0.354. The lowest BCUT2D eigenvalue weighted by Gasteiger charge is -2.20. The van der Waals surface area contributed by atoms with Gasteiger partial charge in [-0.3, -0.25) is 9.69 Å². The zero-order chi connectivity index (χ0) is 22.4. The molecule has 0 unspecified atom stereocenters. The Morgan fingerprint density at radius 1 is 1.03 bits per heavy atom. The van der Waals surface area contributed by atoms with E-state index in [1.807, 2.05) is 44.2 Å². The second-order valence-electron chi connectivity index (χ2n) is 8.00. The Bertz CT molecular complexity index is 1110. The fourth-order valence-electron chi connectivity index (χ4n) is 3.88. The third-order valence-corrected chi connectivity index (χ3v) is 5.93. The predicted octanol–water partition coefficient (Wildman–Crippen LogP) is 4.50. The lowest BCUT2D eigenvalue weighted by molar-refractivity contribution is -0.121. The standard InChI is InChI=1S/C26H32N2O3/c1-5-28(6-2)17-21-10-8-7-9-20(21)16-27-25(29)14-13-23-19(4)22-12-11-18(3)15-24(22)31-26(23)30/h7-12,15H,5-6,13-14,16-17H2,1-4H3,(H,27,29). The number of benzene rings is 2. The highest BCUT2D eigenvalue weighted by Crippen LogP contribution is 2.21. The maximum absolute atomic E-state index is 12.5. The van der Waals surface area contributed by atoms with Crippen molar-refractivity contribution in [1.29, 1.82) is 0 Å². The molecule has 1 heterocycles. The lowest BCUT2D eigenvalue weighted by atomic mass is 10.0. The number of carbonyl (C=O) groups excluding carboxylic acids is 1. The van der Waals surface area contributed by atoms with Crippen LogP contribution in [-0.2, 0) is 24.3 Å². The van der Waals surface area contributed by atoms with Gasteiger partial charge >= 0.3 is 5.63 Å². The summed E-state index contributed by atoms with van der Waals surface area (Å²) in [4.78, 5) is 27.3. The molecular formula is C26H32N2O3. The molecule has 0 atom stereocenters. The number of hydrogen-bond donors (Lipinski definition) is 1. The summed E-state index contributed by atoms with van der Waals surface area (Å²) in [6.07, 6.45) is 0.617. The van der Waals surface area contributed by atoms with Crippen LogP contribution in [0.25, 0.3) is 11.0 Å². The van der Waals surface area contributed by atoms with Gasteiger partial charge in [0.25, 0.3) is 0 Å². The van der Waals surface area contributed by atoms with Gasteiger partial charge in [-0.05, 0) is 61.7 Å². The van der Waals surface area contributed by atoms with Gasteiger partial charge in [0.2, 0.25) is 5.91 Å². The Morgan fingerprint density at radius 2 is 1.74 bits per heavy atom. The molecule has 3 aromatic rings. The van der Waals surface area contributed by atoms with E-state index in [0.29, 0.717) is 24.1 Å². The second-order valence-corrected chi connectivity index (χ2v) is 8.00. The van der Waals surface area contributed by atoms with Gasteiger partial charge in [-0.1, -0.05) is 50.2 Å². The summed E-state index contributed by atoms with van der Waals surface area (Å²) in [6, 6.07) is 14.1.